The quantitative estimate of drug-likeness (QED) is 0.525. The first-order valence-electron chi connectivity index (χ1n) is 8.26. The van der Waals surface area contributed by atoms with Crippen molar-refractivity contribution in [2.45, 2.75) is 36.1 Å². The lowest BCUT2D eigenvalue weighted by Crippen LogP contribution is -2.08. The molecule has 27 heavy (non-hydrogen) atoms. The maximum Gasteiger partial charge on any atom is 0.446 e. The number of fused-ring (bicyclic) bond motifs is 1. The van der Waals surface area contributed by atoms with Gasteiger partial charge in [-0.3, -0.25) is 0 Å². The van der Waals surface area contributed by atoms with E-state index >= 15 is 0 Å². The molecule has 0 radical (unpaired) electrons. The molecule has 2 N–H and O–H groups in total. The molecular formula is C17H15F4N5S. The minimum absolute atomic E-state index is 0.213. The summed E-state index contributed by atoms with van der Waals surface area (Å²) < 4.78 is 53.3. The van der Waals surface area contributed by atoms with Gasteiger partial charge in [0.05, 0.1) is 4.90 Å². The van der Waals surface area contributed by atoms with Gasteiger partial charge in [0.1, 0.15) is 11.6 Å². The molecule has 142 valence electrons. The summed E-state index contributed by atoms with van der Waals surface area (Å²) in [6.45, 7) is 1.79. The molecule has 0 bridgehead atoms. The number of aryl methyl sites for hydroxylation is 1. The summed E-state index contributed by atoms with van der Waals surface area (Å²) in [6.07, 6.45) is 1.84. The van der Waals surface area contributed by atoms with Gasteiger partial charge in [-0.15, -0.1) is 5.10 Å². The number of nitrogens with two attached hydrogens (primary N) is 1. The first kappa shape index (κ1) is 18.0. The van der Waals surface area contributed by atoms with Crippen molar-refractivity contribution in [1.29, 1.82) is 0 Å². The van der Waals surface area contributed by atoms with Gasteiger partial charge >= 0.3 is 5.51 Å². The molecule has 5 nitrogen and oxygen atoms in total. The van der Waals surface area contributed by atoms with Crippen LogP contribution in [0.15, 0.2) is 29.2 Å². The van der Waals surface area contributed by atoms with E-state index in [0.717, 1.165) is 25.0 Å². The molecule has 0 saturated heterocycles. The van der Waals surface area contributed by atoms with Crippen molar-refractivity contribution in [1.82, 2.24) is 19.6 Å². The van der Waals surface area contributed by atoms with Crippen LogP contribution < -0.4 is 5.73 Å². The Labute approximate surface area is 156 Å². The predicted octanol–water partition coefficient (Wildman–Crippen LogP) is 4.31. The minimum Gasteiger partial charge on any atom is -0.383 e. The smallest absolute Gasteiger partial charge is 0.383 e. The molecule has 2 heterocycles. The van der Waals surface area contributed by atoms with Crippen LogP contribution in [0, 0.1) is 18.7 Å². The fourth-order valence-electron chi connectivity index (χ4n) is 3.14. The number of thioether (sulfide) groups is 1. The zero-order valence-corrected chi connectivity index (χ0v) is 15.0. The molecule has 0 amide bonds. The van der Waals surface area contributed by atoms with E-state index in [2.05, 4.69) is 15.1 Å². The maximum absolute atomic E-state index is 14.3. The van der Waals surface area contributed by atoms with Gasteiger partial charge in [0.15, 0.2) is 5.82 Å². The highest BCUT2D eigenvalue weighted by molar-refractivity contribution is 8.00. The molecule has 4 rings (SSSR count). The van der Waals surface area contributed by atoms with Crippen LogP contribution in [0.1, 0.15) is 35.8 Å². The van der Waals surface area contributed by atoms with Gasteiger partial charge in [-0.2, -0.15) is 22.7 Å². The lowest BCUT2D eigenvalue weighted by molar-refractivity contribution is -0.0329. The highest BCUT2D eigenvalue weighted by atomic mass is 32.2. The molecule has 10 heteroatoms. The summed E-state index contributed by atoms with van der Waals surface area (Å²) in [5, 5.41) is 4.41. The number of benzene rings is 1. The summed E-state index contributed by atoms with van der Waals surface area (Å²) >= 11 is -0.462. The second-order valence-corrected chi connectivity index (χ2v) is 7.66. The maximum atomic E-state index is 14.3. The van der Waals surface area contributed by atoms with Crippen LogP contribution >= 0.6 is 11.8 Å². The number of nitrogen functional groups attached to an aromatic ring is 1. The third kappa shape index (κ3) is 3.71. The summed E-state index contributed by atoms with van der Waals surface area (Å²) in [7, 11) is 0. The van der Waals surface area contributed by atoms with Gasteiger partial charge in [-0.25, -0.2) is 9.37 Å². The number of rotatable bonds is 4. The monoisotopic (exact) mass is 397 g/mol. The predicted molar refractivity (Wildman–Crippen MR) is 92.8 cm³/mol. The molecule has 0 spiro atoms. The molecule has 2 aromatic heterocycles. The summed E-state index contributed by atoms with van der Waals surface area (Å²) in [4.78, 5) is 8.28. The number of nitrogens with zero attached hydrogens (tertiary/aromatic N) is 4. The van der Waals surface area contributed by atoms with Crippen molar-refractivity contribution in [2.24, 2.45) is 5.92 Å². The van der Waals surface area contributed by atoms with E-state index in [1.54, 1.807) is 13.0 Å². The van der Waals surface area contributed by atoms with Crippen LogP contribution in [-0.2, 0) is 0 Å². The van der Waals surface area contributed by atoms with Gasteiger partial charge in [0, 0.05) is 17.7 Å². The summed E-state index contributed by atoms with van der Waals surface area (Å²) in [6, 6.07) is 5.48. The first-order valence-corrected chi connectivity index (χ1v) is 9.08. The van der Waals surface area contributed by atoms with E-state index in [4.69, 9.17) is 5.73 Å². The largest absolute Gasteiger partial charge is 0.446 e. The van der Waals surface area contributed by atoms with Gasteiger partial charge in [-0.05, 0) is 55.1 Å². The highest BCUT2D eigenvalue weighted by Crippen LogP contribution is 2.46. The number of anilines is 1. The van der Waals surface area contributed by atoms with Crippen LogP contribution in [0.2, 0.25) is 0 Å². The lowest BCUT2D eigenvalue weighted by Gasteiger charge is -2.14. The highest BCUT2D eigenvalue weighted by Gasteiger charge is 2.37. The van der Waals surface area contributed by atoms with E-state index in [-0.39, 0.29) is 11.8 Å². The van der Waals surface area contributed by atoms with Crippen molar-refractivity contribution in [3.05, 3.63) is 47.2 Å². The van der Waals surface area contributed by atoms with Gasteiger partial charge < -0.3 is 5.73 Å². The average molecular weight is 397 g/mol. The molecule has 3 aromatic rings. The summed E-state index contributed by atoms with van der Waals surface area (Å²) in [5.74, 6) is 0.165. The SMILES string of the molecule is Cc1cc(N)n2nc([C@@H](c3ccc(SC(F)(F)F)c(F)c3)C3CC3)nc2n1. The van der Waals surface area contributed by atoms with Crippen LogP contribution in [-0.4, -0.2) is 25.1 Å². The Balaban J connectivity index is 1.74. The molecule has 1 fully saturated rings. The van der Waals surface area contributed by atoms with Gasteiger partial charge in [-0.1, -0.05) is 6.07 Å². The van der Waals surface area contributed by atoms with Crippen molar-refractivity contribution >= 4 is 23.4 Å². The van der Waals surface area contributed by atoms with Crippen molar-refractivity contribution < 1.29 is 17.6 Å². The van der Waals surface area contributed by atoms with E-state index in [9.17, 15) is 17.6 Å². The Bertz CT molecular complexity index is 1010. The number of alkyl halides is 3. The molecule has 1 saturated carbocycles. The number of hydrogen-bond acceptors (Lipinski definition) is 5. The van der Waals surface area contributed by atoms with E-state index in [1.165, 1.54) is 10.6 Å². The van der Waals surface area contributed by atoms with Crippen LogP contribution in [0.4, 0.5) is 23.4 Å². The second-order valence-electron chi connectivity index (χ2n) is 6.56. The average Bonchev–Trinajstić information content (AvgIpc) is 3.28. The third-order valence-electron chi connectivity index (χ3n) is 4.40. The van der Waals surface area contributed by atoms with E-state index in [1.807, 2.05) is 0 Å². The first-order chi connectivity index (χ1) is 12.7. The van der Waals surface area contributed by atoms with Crippen molar-refractivity contribution in [3.63, 3.8) is 0 Å². The molecule has 1 aliphatic rings. The zero-order valence-electron chi connectivity index (χ0n) is 14.2. The number of aromatic nitrogens is 4. The Hall–Kier alpha value is -2.36. The van der Waals surface area contributed by atoms with Gasteiger partial charge in [0.25, 0.3) is 5.78 Å². The molecular weight excluding hydrogens is 382 g/mol. The summed E-state index contributed by atoms with van der Waals surface area (Å²) in [5.41, 5.74) is 2.66. The Morgan fingerprint density at radius 2 is 1.96 bits per heavy atom. The third-order valence-corrected chi connectivity index (χ3v) is 5.18. The van der Waals surface area contributed by atoms with Crippen LogP contribution in [0.5, 0.6) is 0 Å². The molecule has 0 aliphatic heterocycles. The van der Waals surface area contributed by atoms with E-state index < -0.39 is 28.0 Å². The Kier molecular flexibility index (Phi) is 4.25. The van der Waals surface area contributed by atoms with E-state index in [0.29, 0.717) is 28.7 Å². The topological polar surface area (TPSA) is 69.1 Å². The second kappa shape index (κ2) is 6.36. The molecule has 1 aromatic carbocycles. The number of halogens is 4. The standard InChI is InChI=1S/C17H15F4N5S/c1-8-6-13(22)26-16(23-8)24-15(25-26)14(9-2-3-9)10-4-5-12(11(18)7-10)27-17(19,20)21/h4-7,9,14H,2-3,22H2,1H3/t14-/m1/s1. The fourth-order valence-corrected chi connectivity index (χ4v) is 3.68. The normalized spacial score (nSPS) is 16.0. The minimum atomic E-state index is -4.54. The van der Waals surface area contributed by atoms with Crippen molar-refractivity contribution in [2.75, 3.05) is 5.73 Å². The molecule has 1 aliphatic carbocycles. The lowest BCUT2D eigenvalue weighted by atomic mass is 9.93. The number of hydrogen-bond donors (Lipinski definition) is 1. The fraction of sp³-hybridized carbons (Fsp3) is 0.353. The Morgan fingerprint density at radius 1 is 1.22 bits per heavy atom. The Morgan fingerprint density at radius 3 is 2.59 bits per heavy atom. The van der Waals surface area contributed by atoms with Crippen molar-refractivity contribution in [3.8, 4) is 0 Å². The van der Waals surface area contributed by atoms with Crippen LogP contribution in [0.3, 0.4) is 0 Å². The van der Waals surface area contributed by atoms with Gasteiger partial charge in [0.2, 0.25) is 0 Å². The van der Waals surface area contributed by atoms with Crippen LogP contribution in [0.25, 0.3) is 5.78 Å². The molecule has 1 atom stereocenters. The zero-order chi connectivity index (χ0) is 19.3. The molecule has 0 unspecified atom stereocenters.